The first-order valence-electron chi connectivity index (χ1n) is 6.78. The molecule has 2 heterocycles. The van der Waals surface area contributed by atoms with Crippen LogP contribution in [0.15, 0.2) is 36.5 Å². The molecule has 1 radical (unpaired) electrons. The number of ether oxygens (including phenoxy) is 1. The van der Waals surface area contributed by atoms with Crippen molar-refractivity contribution in [1.82, 2.24) is 4.57 Å². The monoisotopic (exact) mass is 366 g/mol. The molecule has 0 aromatic heterocycles. The van der Waals surface area contributed by atoms with Gasteiger partial charge in [0, 0.05) is 38.3 Å². The maximum absolute atomic E-state index is 5.75. The van der Waals surface area contributed by atoms with E-state index in [1.54, 1.807) is 13.2 Å². The Kier molecular flexibility index (Phi) is 5.20. The fourth-order valence-corrected chi connectivity index (χ4v) is 2.69. The zero-order valence-electron chi connectivity index (χ0n) is 13.0. The topological polar surface area (TPSA) is 18.0 Å². The number of fused-ring (bicyclic) bond motifs is 1. The van der Waals surface area contributed by atoms with Crippen molar-refractivity contribution in [1.29, 1.82) is 0 Å². The number of nitrogens with zero attached hydrogens (tertiary/aromatic N) is 2. The molecule has 0 atom stereocenters. The van der Waals surface area contributed by atoms with Gasteiger partial charge in [-0.1, -0.05) is 6.07 Å². The Labute approximate surface area is 156 Å². The number of hydrogen-bond acceptors (Lipinski definition) is 1. The van der Waals surface area contributed by atoms with E-state index in [-0.39, 0.29) is 32.7 Å². The van der Waals surface area contributed by atoms with E-state index in [0.29, 0.717) is 0 Å². The van der Waals surface area contributed by atoms with Crippen molar-refractivity contribution < 1.29 is 42.0 Å². The van der Waals surface area contributed by atoms with Crippen molar-refractivity contribution in [3.05, 3.63) is 60.4 Å². The average Bonchev–Trinajstić information content (AvgIpc) is 2.87. The van der Waals surface area contributed by atoms with E-state index >= 15 is 0 Å². The summed E-state index contributed by atoms with van der Waals surface area (Å²) in [5.41, 5.74) is 4.07. The number of pyridine rings is 1. The van der Waals surface area contributed by atoms with E-state index in [1.807, 2.05) is 42.9 Å². The molecule has 22 heavy (non-hydrogen) atoms. The predicted octanol–water partition coefficient (Wildman–Crippen LogP) is 2.97. The predicted molar refractivity (Wildman–Crippen MR) is 82.5 cm³/mol. The molecule has 1 aromatic carbocycles. The van der Waals surface area contributed by atoms with Crippen LogP contribution in [0.25, 0.3) is 23.2 Å². The minimum Gasteiger partial charge on any atom is -0.497 e. The van der Waals surface area contributed by atoms with Crippen LogP contribution in [-0.2, 0) is 39.8 Å². The van der Waals surface area contributed by atoms with E-state index in [4.69, 9.17) is 11.3 Å². The molecule has 0 saturated carbocycles. The van der Waals surface area contributed by atoms with Crippen LogP contribution in [0.3, 0.4) is 0 Å². The molecule has 0 bridgehead atoms. The molecule has 3 nitrogen and oxygen atoms in total. The van der Waals surface area contributed by atoms with Crippen LogP contribution in [0.1, 0.15) is 11.1 Å². The Bertz CT molecular complexity index is 792. The van der Waals surface area contributed by atoms with Crippen LogP contribution in [0.2, 0.25) is 0 Å². The smallest absolute Gasteiger partial charge is 0.177 e. The zero-order chi connectivity index (χ0) is 15.0. The van der Waals surface area contributed by atoms with Gasteiger partial charge in [-0.3, -0.25) is 10.6 Å². The molecular formula is C18H17N2OY-. The number of rotatable bonds is 3. The molecular weight excluding hydrogens is 349 g/mol. The molecule has 3 rings (SSSR count). The van der Waals surface area contributed by atoms with Crippen molar-refractivity contribution in [3.63, 3.8) is 0 Å². The Hall–Kier alpha value is -1.45. The van der Waals surface area contributed by atoms with Crippen LogP contribution in [0.5, 0.6) is 5.75 Å². The molecule has 2 aliphatic heterocycles. The van der Waals surface area contributed by atoms with Crippen LogP contribution in [0.4, 0.5) is 0 Å². The molecule has 0 spiro atoms. The van der Waals surface area contributed by atoms with Gasteiger partial charge in [0.1, 0.15) is 5.75 Å². The van der Waals surface area contributed by atoms with Gasteiger partial charge >= 0.3 is 0 Å². The van der Waals surface area contributed by atoms with Crippen LogP contribution >= 0.6 is 0 Å². The van der Waals surface area contributed by atoms with Gasteiger partial charge in [-0.15, -0.1) is 11.6 Å². The summed E-state index contributed by atoms with van der Waals surface area (Å²) in [4.78, 5) is 0. The van der Waals surface area contributed by atoms with Gasteiger partial charge in [-0.25, -0.2) is 5.56 Å². The van der Waals surface area contributed by atoms with Gasteiger partial charge in [0.05, 0.1) is 26.0 Å². The molecule has 2 aliphatic rings. The normalized spacial score (nSPS) is 10.3. The standard InChI is InChI=1S/C18H17N2O.Y/c1-5-14-12-20(18-15(14)8-7-11-19(18)3)16-9-6-10-17(21-4)13(16)2;/h1,5-11H,2-4H3;/q-1;. The van der Waals surface area contributed by atoms with Crippen LogP contribution in [-0.4, -0.2) is 11.7 Å². The fourth-order valence-electron chi connectivity index (χ4n) is 2.69. The van der Waals surface area contributed by atoms with Crippen molar-refractivity contribution >= 4 is 6.08 Å². The maximum Gasteiger partial charge on any atom is 0.177 e. The first kappa shape index (κ1) is 16.9. The molecule has 4 heteroatoms. The van der Waals surface area contributed by atoms with Gasteiger partial charge in [-0.05, 0) is 31.3 Å². The summed E-state index contributed by atoms with van der Waals surface area (Å²) in [5.74, 6) is 1.91. The van der Waals surface area contributed by atoms with E-state index < -0.39 is 0 Å². The summed E-state index contributed by atoms with van der Waals surface area (Å²) in [6, 6.07) is 10.1. The summed E-state index contributed by atoms with van der Waals surface area (Å²) in [6.45, 7) is 7.79. The van der Waals surface area contributed by atoms with Crippen LogP contribution in [0, 0.1) is 19.7 Å². The van der Waals surface area contributed by atoms with Gasteiger partial charge in [0.25, 0.3) is 0 Å². The summed E-state index contributed by atoms with van der Waals surface area (Å²) >= 11 is 0. The van der Waals surface area contributed by atoms with Crippen molar-refractivity contribution in [2.24, 2.45) is 7.05 Å². The first-order valence-corrected chi connectivity index (χ1v) is 6.78. The maximum atomic E-state index is 5.75. The first-order chi connectivity index (χ1) is 10.2. The number of methoxy groups -OCH3 is 1. The Morgan fingerprint density at radius 3 is 2.73 bits per heavy atom. The number of benzene rings is 1. The third kappa shape index (κ3) is 2.64. The second-order valence-electron chi connectivity index (χ2n) is 4.99. The Morgan fingerprint density at radius 1 is 1.27 bits per heavy atom. The Morgan fingerprint density at radius 2 is 2.05 bits per heavy atom. The van der Waals surface area contributed by atoms with Gasteiger partial charge < -0.3 is 15.9 Å². The molecule has 0 unspecified atom stereocenters. The molecule has 109 valence electrons. The zero-order valence-corrected chi connectivity index (χ0v) is 15.8. The fraction of sp³-hybridized carbons (Fsp3) is 0.167. The van der Waals surface area contributed by atoms with Crippen LogP contribution < -0.4 is 9.30 Å². The quantitative estimate of drug-likeness (QED) is 0.515. The van der Waals surface area contributed by atoms with Crippen molar-refractivity contribution in [2.45, 2.75) is 6.92 Å². The van der Waals surface area contributed by atoms with Gasteiger partial charge in [-0.2, -0.15) is 0 Å². The molecule has 1 aromatic rings. The van der Waals surface area contributed by atoms with E-state index in [9.17, 15) is 0 Å². The molecule has 0 fully saturated rings. The third-order valence-electron chi connectivity index (χ3n) is 3.76. The number of aryl methyl sites for hydroxylation is 1. The molecule has 0 aliphatic carbocycles. The van der Waals surface area contributed by atoms with Crippen molar-refractivity contribution in [3.8, 4) is 22.8 Å². The third-order valence-corrected chi connectivity index (χ3v) is 3.76. The molecule has 0 N–H and O–H groups in total. The second kappa shape index (κ2) is 6.76. The number of aromatic nitrogens is 2. The van der Waals surface area contributed by atoms with E-state index in [2.05, 4.69) is 22.9 Å². The second-order valence-corrected chi connectivity index (χ2v) is 4.99. The van der Waals surface area contributed by atoms with E-state index in [0.717, 1.165) is 34.0 Å². The largest absolute Gasteiger partial charge is 0.497 e. The summed E-state index contributed by atoms with van der Waals surface area (Å²) < 4.78 is 9.52. The molecule has 0 amide bonds. The molecule has 0 saturated heterocycles. The van der Waals surface area contributed by atoms with Crippen molar-refractivity contribution in [2.75, 3.05) is 7.11 Å². The summed E-state index contributed by atoms with van der Waals surface area (Å²) in [5, 5.41) is 0. The SMILES string of the molecule is [CH-]=Cc1[c-][n+](-c2cccc(OC)c2C)c2n(C)cccc1-2.[Y]. The summed E-state index contributed by atoms with van der Waals surface area (Å²) in [7, 11) is 3.70. The summed E-state index contributed by atoms with van der Waals surface area (Å²) in [6.07, 6.45) is 6.96. The minimum absolute atomic E-state index is 0. The van der Waals surface area contributed by atoms with E-state index in [1.165, 1.54) is 0 Å². The van der Waals surface area contributed by atoms with Gasteiger partial charge in [0.2, 0.25) is 0 Å². The number of hydrogen-bond donors (Lipinski definition) is 0. The average molecular weight is 366 g/mol. The minimum atomic E-state index is 0. The van der Waals surface area contributed by atoms with Gasteiger partial charge in [0.15, 0.2) is 5.82 Å². The Balaban J connectivity index is 0.00000176.